The number of hydrogen-bond acceptors (Lipinski definition) is 7. The second-order valence-electron chi connectivity index (χ2n) is 8.27. The van der Waals surface area contributed by atoms with Crippen LogP contribution >= 0.6 is 0 Å². The Hall–Kier alpha value is -2.82. The van der Waals surface area contributed by atoms with Crippen LogP contribution in [0.5, 0.6) is 5.75 Å². The third-order valence-electron chi connectivity index (χ3n) is 5.56. The number of aromatic nitrogens is 2. The molecule has 0 unspecified atom stereocenters. The van der Waals surface area contributed by atoms with E-state index in [4.69, 9.17) is 4.74 Å². The van der Waals surface area contributed by atoms with E-state index in [0.29, 0.717) is 49.4 Å². The quantitative estimate of drug-likeness (QED) is 0.400. The number of unbranched alkanes of at least 4 members (excludes halogenated alkanes) is 2. The number of rotatable bonds is 11. The number of nitrogens with one attached hydrogen (secondary N) is 1. The largest absolute Gasteiger partial charge is 0.488 e. The van der Waals surface area contributed by atoms with Gasteiger partial charge in [-0.05, 0) is 43.7 Å². The predicted molar refractivity (Wildman–Crippen MR) is 114 cm³/mol. The minimum Gasteiger partial charge on any atom is -0.488 e. The van der Waals surface area contributed by atoms with E-state index in [1.165, 1.54) is 23.4 Å². The Morgan fingerprint density at radius 3 is 2.69 bits per heavy atom. The topological polar surface area (TPSA) is 119 Å². The smallest absolute Gasteiger partial charge is 0.324 e. The Bertz CT molecular complexity index is 1140. The molecule has 32 heavy (non-hydrogen) atoms. The van der Waals surface area contributed by atoms with Gasteiger partial charge in [-0.3, -0.25) is 10.1 Å². The first-order valence-electron chi connectivity index (χ1n) is 10.7. The summed E-state index contributed by atoms with van der Waals surface area (Å²) in [4.78, 5) is 32.3. The van der Waals surface area contributed by atoms with Gasteiger partial charge in [-0.2, -0.15) is 0 Å². The maximum absolute atomic E-state index is 14.3. The van der Waals surface area contributed by atoms with Crippen LogP contribution in [0.15, 0.2) is 18.5 Å². The maximum atomic E-state index is 14.3. The molecule has 1 aromatic heterocycles. The molecular weight excluding hydrogens is 439 g/mol. The first-order valence-corrected chi connectivity index (χ1v) is 12.5. The number of carbonyl (C=O) groups excluding carboxylic acids is 2. The van der Waals surface area contributed by atoms with Crippen LogP contribution in [0.4, 0.5) is 9.18 Å². The second-order valence-corrected chi connectivity index (χ2v) is 10.5. The lowest BCUT2D eigenvalue weighted by molar-refractivity contribution is -0.118. The van der Waals surface area contributed by atoms with Crippen molar-refractivity contribution in [2.45, 2.75) is 37.9 Å². The average Bonchev–Trinajstić information content (AvgIpc) is 3.50. The molecule has 9 nitrogen and oxygen atoms in total. The van der Waals surface area contributed by atoms with Gasteiger partial charge in [-0.15, -0.1) is 0 Å². The lowest BCUT2D eigenvalue weighted by Gasteiger charge is -2.13. The molecule has 2 aromatic rings. The molecule has 3 amide bonds. The normalized spacial score (nSPS) is 16.6. The summed E-state index contributed by atoms with van der Waals surface area (Å²) in [6, 6.07) is 2.33. The molecule has 1 saturated carbocycles. The highest BCUT2D eigenvalue weighted by atomic mass is 32.2. The van der Waals surface area contributed by atoms with Crippen LogP contribution in [0, 0.1) is 11.7 Å². The molecule has 0 bridgehead atoms. The third kappa shape index (κ3) is 5.50. The minimum atomic E-state index is -3.46. The third-order valence-corrected chi connectivity index (χ3v) is 7.19. The van der Waals surface area contributed by atoms with E-state index < -0.39 is 21.7 Å². The zero-order valence-corrected chi connectivity index (χ0v) is 18.4. The van der Waals surface area contributed by atoms with Crippen LogP contribution in [0.1, 0.15) is 37.8 Å². The number of fused-ring (bicyclic) bond motifs is 1. The molecule has 2 aliphatic rings. The molecule has 2 heterocycles. The number of amides is 3. The molecule has 1 saturated heterocycles. The molecule has 11 heteroatoms. The SMILES string of the molecule is O=C1CN(CCCCCS(=O)(=O)Cc2ncnc3c(OCC4CC4)c(F)ccc23)C(=O)N1. The van der Waals surface area contributed by atoms with Crippen LogP contribution in [-0.4, -0.2) is 60.7 Å². The highest BCUT2D eigenvalue weighted by Crippen LogP contribution is 2.33. The molecule has 1 N–H and O–H groups in total. The van der Waals surface area contributed by atoms with Crippen molar-refractivity contribution < 1.29 is 27.1 Å². The Morgan fingerprint density at radius 2 is 1.97 bits per heavy atom. The maximum Gasteiger partial charge on any atom is 0.324 e. The lowest BCUT2D eigenvalue weighted by Crippen LogP contribution is -2.29. The Balaban J connectivity index is 1.35. The van der Waals surface area contributed by atoms with Crippen LogP contribution < -0.4 is 10.1 Å². The van der Waals surface area contributed by atoms with Crippen molar-refractivity contribution in [2.24, 2.45) is 5.92 Å². The Labute approximate surface area is 185 Å². The Kier molecular flexibility index (Phi) is 6.54. The van der Waals surface area contributed by atoms with Crippen molar-refractivity contribution in [3.63, 3.8) is 0 Å². The van der Waals surface area contributed by atoms with Gasteiger partial charge in [0.05, 0.1) is 23.8 Å². The fraction of sp³-hybridized carbons (Fsp3) is 0.524. The van der Waals surface area contributed by atoms with Gasteiger partial charge in [0.15, 0.2) is 21.4 Å². The van der Waals surface area contributed by atoms with E-state index in [1.807, 2.05) is 0 Å². The van der Waals surface area contributed by atoms with Crippen molar-refractivity contribution >= 4 is 32.7 Å². The number of carbonyl (C=O) groups is 2. The number of ether oxygens (including phenoxy) is 1. The zero-order valence-electron chi connectivity index (χ0n) is 17.5. The highest BCUT2D eigenvalue weighted by Gasteiger charge is 2.26. The molecule has 1 aliphatic carbocycles. The van der Waals surface area contributed by atoms with Crippen LogP contribution in [0.25, 0.3) is 10.9 Å². The van der Waals surface area contributed by atoms with Gasteiger partial charge in [0.2, 0.25) is 5.91 Å². The molecule has 4 rings (SSSR count). The summed E-state index contributed by atoms with van der Waals surface area (Å²) in [5, 5.41) is 2.67. The van der Waals surface area contributed by atoms with Gasteiger partial charge in [-0.25, -0.2) is 27.6 Å². The molecular formula is C21H25FN4O5S. The number of halogens is 1. The van der Waals surface area contributed by atoms with E-state index in [1.54, 1.807) is 0 Å². The standard InChI is InChI=1S/C21H25FN4O5S/c22-16-7-6-15-17(23-13-24-19(15)20(16)31-11-14-4-5-14)12-32(29,30)9-3-1-2-8-26-10-18(27)25-21(26)28/h6-7,13-14H,1-5,8-12H2,(H,25,27,28). The predicted octanol–water partition coefficient (Wildman–Crippen LogP) is 2.19. The number of urea groups is 1. The van der Waals surface area contributed by atoms with Gasteiger partial charge in [-0.1, -0.05) is 6.42 Å². The van der Waals surface area contributed by atoms with Gasteiger partial charge in [0, 0.05) is 11.9 Å². The summed E-state index contributed by atoms with van der Waals surface area (Å²) in [6.07, 6.45) is 5.00. The van der Waals surface area contributed by atoms with Gasteiger partial charge < -0.3 is 9.64 Å². The molecule has 0 radical (unpaired) electrons. The second kappa shape index (κ2) is 9.35. The van der Waals surface area contributed by atoms with E-state index >= 15 is 0 Å². The van der Waals surface area contributed by atoms with E-state index in [2.05, 4.69) is 15.3 Å². The number of hydrogen-bond donors (Lipinski definition) is 1. The highest BCUT2D eigenvalue weighted by molar-refractivity contribution is 7.90. The molecule has 0 atom stereocenters. The lowest BCUT2D eigenvalue weighted by atomic mass is 10.2. The van der Waals surface area contributed by atoms with E-state index in [9.17, 15) is 22.4 Å². The summed E-state index contributed by atoms with van der Waals surface area (Å²) in [6.45, 7) is 0.870. The van der Waals surface area contributed by atoms with Gasteiger partial charge in [0.25, 0.3) is 0 Å². The molecule has 0 spiro atoms. The van der Waals surface area contributed by atoms with Crippen LogP contribution in [0.2, 0.25) is 0 Å². The summed E-state index contributed by atoms with van der Waals surface area (Å²) in [5.41, 5.74) is 0.600. The van der Waals surface area contributed by atoms with Crippen LogP contribution in [-0.2, 0) is 20.4 Å². The van der Waals surface area contributed by atoms with Crippen molar-refractivity contribution in [1.29, 1.82) is 0 Å². The fourth-order valence-corrected chi connectivity index (χ4v) is 5.05. The van der Waals surface area contributed by atoms with Crippen molar-refractivity contribution in [2.75, 3.05) is 25.4 Å². The monoisotopic (exact) mass is 464 g/mol. The summed E-state index contributed by atoms with van der Waals surface area (Å²) < 4.78 is 45.2. The summed E-state index contributed by atoms with van der Waals surface area (Å²) in [5.74, 6) is -0.681. The van der Waals surface area contributed by atoms with Gasteiger partial charge >= 0.3 is 6.03 Å². The van der Waals surface area contributed by atoms with Crippen molar-refractivity contribution in [3.8, 4) is 5.75 Å². The molecule has 172 valence electrons. The zero-order chi connectivity index (χ0) is 22.7. The molecule has 1 aromatic carbocycles. The van der Waals surface area contributed by atoms with E-state index in [-0.39, 0.29) is 35.2 Å². The number of benzene rings is 1. The first-order chi connectivity index (χ1) is 15.3. The van der Waals surface area contributed by atoms with Crippen molar-refractivity contribution in [1.82, 2.24) is 20.2 Å². The first kappa shape index (κ1) is 22.4. The van der Waals surface area contributed by atoms with Crippen molar-refractivity contribution in [3.05, 3.63) is 30.0 Å². The average molecular weight is 465 g/mol. The molecule has 2 fully saturated rings. The Morgan fingerprint density at radius 1 is 1.16 bits per heavy atom. The fourth-order valence-electron chi connectivity index (χ4n) is 3.62. The number of imide groups is 1. The minimum absolute atomic E-state index is 0.0319. The summed E-state index contributed by atoms with van der Waals surface area (Å²) in [7, 11) is -3.46. The number of sulfone groups is 1. The van der Waals surface area contributed by atoms with E-state index in [0.717, 1.165) is 12.8 Å². The summed E-state index contributed by atoms with van der Waals surface area (Å²) >= 11 is 0. The van der Waals surface area contributed by atoms with Crippen LogP contribution in [0.3, 0.4) is 0 Å². The number of nitrogens with zero attached hydrogens (tertiary/aromatic N) is 3. The molecule has 1 aliphatic heterocycles. The van der Waals surface area contributed by atoms with Gasteiger partial charge in [0.1, 0.15) is 18.4 Å².